The summed E-state index contributed by atoms with van der Waals surface area (Å²) < 4.78 is 51.6. The van der Waals surface area contributed by atoms with Crippen LogP contribution in [-0.2, 0) is 10.5 Å². The Labute approximate surface area is 36.3 Å². The van der Waals surface area contributed by atoms with Gasteiger partial charge in [0.25, 0.3) is 0 Å². The Bertz CT molecular complexity index is 106. The highest BCUT2D eigenvalue weighted by Crippen LogP contribution is 2.36. The van der Waals surface area contributed by atoms with Crippen molar-refractivity contribution in [2.24, 2.45) is 4.58 Å². The van der Waals surface area contributed by atoms with Crippen molar-refractivity contribution in [3.8, 4) is 0 Å². The van der Waals surface area contributed by atoms with Crippen molar-refractivity contribution in [2.45, 2.75) is 0 Å². The fourth-order valence-electron chi connectivity index (χ4n) is 0. The molecular weight excluding hydrogens is 141 g/mol. The number of hydrogen-bond acceptors (Lipinski definition) is 1. The molecule has 0 amide bonds. The molecule has 0 saturated carbocycles. The van der Waals surface area contributed by atoms with E-state index in [4.69, 9.17) is 0 Å². The molecule has 0 radical (unpaired) electrons. The second-order valence-corrected chi connectivity index (χ2v) is 2.08. The van der Waals surface area contributed by atoms with Crippen LogP contribution in [0, 0.1) is 0 Å². The van der Waals surface area contributed by atoms with Gasteiger partial charge in [0, 0.05) is 4.58 Å². The van der Waals surface area contributed by atoms with Gasteiger partial charge in [-0.05, 0) is 0 Å². The van der Waals surface area contributed by atoms with E-state index in [9.17, 15) is 20.0 Å². The fourth-order valence-corrected chi connectivity index (χ4v) is 0. The second kappa shape index (κ2) is 1.15. The molecule has 0 N–H and O–H groups in total. The van der Waals surface area contributed by atoms with Crippen LogP contribution in [0.3, 0.4) is 0 Å². The molecule has 0 aromatic rings. The third-order valence-electron chi connectivity index (χ3n) is 0.104. The maximum atomic E-state index is 10.4. The highest BCUT2D eigenvalue weighted by atomic mass is 32.4. The van der Waals surface area contributed by atoms with Crippen LogP contribution < -0.4 is 0 Å². The molecule has 0 aromatic heterocycles. The largest absolute Gasteiger partial charge is 0.385 e. The average Bonchev–Trinajstić information content (AvgIpc) is 1.32. The predicted octanol–water partition coefficient (Wildman–Crippen LogP) is 2.28. The predicted molar refractivity (Wildman–Crippen MR) is 15.3 cm³/mol. The molecule has 0 unspecified atom stereocenters. The van der Waals surface area contributed by atoms with Gasteiger partial charge in [-0.2, -0.15) is 0 Å². The number of halogens is 5. The molecule has 0 bridgehead atoms. The Hall–Kier alpha value is -0.200. The summed E-state index contributed by atoms with van der Waals surface area (Å²) in [5, 5.41) is 0. The minimum Gasteiger partial charge on any atom is -0.0886 e. The minimum absolute atomic E-state index is 0.0944. The molecule has 0 aliphatic rings. The van der Waals surface area contributed by atoms with Crippen LogP contribution >= 0.6 is 0 Å². The van der Waals surface area contributed by atoms with Crippen LogP contribution in [0.5, 0.6) is 0 Å². The van der Waals surface area contributed by atoms with Gasteiger partial charge in [-0.15, -0.1) is 0 Å². The van der Waals surface area contributed by atoms with E-state index < -0.39 is 10.5 Å². The maximum Gasteiger partial charge on any atom is 0.385 e. The van der Waals surface area contributed by atoms with Gasteiger partial charge in [-0.3, -0.25) is 0 Å². The van der Waals surface area contributed by atoms with Crippen molar-refractivity contribution in [1.82, 2.24) is 0 Å². The lowest BCUT2D eigenvalue weighted by Gasteiger charge is -2.01. The molecule has 7 heteroatoms. The van der Waals surface area contributed by atoms with E-state index in [0.717, 1.165) is 0 Å². The fraction of sp³-hybridized carbons (Fsp3) is 0. The zero-order chi connectivity index (χ0) is 6.15. The first-order valence-electron chi connectivity index (χ1n) is 0.969. The van der Waals surface area contributed by atoms with Crippen molar-refractivity contribution in [3.05, 3.63) is 0 Å². The summed E-state index contributed by atoms with van der Waals surface area (Å²) in [6.07, 6.45) is 0. The van der Waals surface area contributed by atoms with Crippen LogP contribution in [0.1, 0.15) is 0 Å². The van der Waals surface area contributed by atoms with E-state index in [2.05, 4.69) is 0 Å². The Morgan fingerprint density at radius 1 is 1.00 bits per heavy atom. The smallest absolute Gasteiger partial charge is 0.0886 e. The first kappa shape index (κ1) is 6.80. The van der Waals surface area contributed by atoms with Gasteiger partial charge in [-0.1, -0.05) is 20.0 Å². The van der Waals surface area contributed by atoms with Crippen LogP contribution in [0.2, 0.25) is 0 Å². The Kier molecular flexibility index (Phi) is 1.11. The second-order valence-electron chi connectivity index (χ2n) is 0.695. The first-order chi connectivity index (χ1) is 2.81. The van der Waals surface area contributed by atoms with Gasteiger partial charge in [0.2, 0.25) is 0 Å². The van der Waals surface area contributed by atoms with Gasteiger partial charge in [0.15, 0.2) is 0 Å². The van der Waals surface area contributed by atoms with Gasteiger partial charge in [0.1, 0.15) is 0 Å². The van der Waals surface area contributed by atoms with Crippen LogP contribution in [0.15, 0.2) is 4.58 Å². The van der Waals surface area contributed by atoms with Crippen molar-refractivity contribution in [1.29, 1.82) is 0 Å². The lowest BCUT2D eigenvalue weighted by Crippen LogP contribution is -1.97. The van der Waals surface area contributed by atoms with E-state index >= 15 is 0 Å². The molecule has 0 fully saturated rings. The highest BCUT2D eigenvalue weighted by molar-refractivity contribution is 8.03. The monoisotopic (exact) mass is 141 g/mol. The summed E-state index contributed by atoms with van der Waals surface area (Å²) in [6.45, 7) is 0. The Balaban J connectivity index is 4.47. The van der Waals surface area contributed by atoms with Gasteiger partial charge in [0.05, 0.1) is 0 Å². The lowest BCUT2D eigenvalue weighted by molar-refractivity contribution is 0.436. The van der Waals surface area contributed by atoms with Crippen LogP contribution in [0.4, 0.5) is 20.0 Å². The molecule has 0 heterocycles. The maximum absolute atomic E-state index is 10.4. The topological polar surface area (TPSA) is 12.4 Å². The van der Waals surface area contributed by atoms with E-state index in [1.165, 1.54) is 0 Å². The van der Waals surface area contributed by atoms with Crippen molar-refractivity contribution in [2.75, 3.05) is 0 Å². The SMILES string of the molecule is FN=S(F)(F)(F)F. The van der Waals surface area contributed by atoms with Gasteiger partial charge in [-0.25, -0.2) is 0 Å². The Morgan fingerprint density at radius 3 is 1.14 bits per heavy atom. The van der Waals surface area contributed by atoms with E-state index in [1.54, 1.807) is 0 Å². The summed E-state index contributed by atoms with van der Waals surface area (Å²) in [4.78, 5) is 0. The standard InChI is InChI=1S/F5NS/c1-6-7(2,3,4)5. The molecule has 0 saturated heterocycles. The third-order valence-corrected chi connectivity index (χ3v) is 0.313. The summed E-state index contributed by atoms with van der Waals surface area (Å²) in [5.41, 5.74) is 0. The molecule has 0 aromatic carbocycles. The molecule has 0 atom stereocenters. The van der Waals surface area contributed by atoms with Crippen molar-refractivity contribution < 1.29 is 20.0 Å². The quantitative estimate of drug-likeness (QED) is 0.459. The lowest BCUT2D eigenvalue weighted by atomic mass is 13.8. The average molecular weight is 141 g/mol. The van der Waals surface area contributed by atoms with E-state index in [-0.39, 0.29) is 4.58 Å². The molecule has 0 aliphatic heterocycles. The minimum atomic E-state index is -7.91. The van der Waals surface area contributed by atoms with Crippen molar-refractivity contribution in [3.63, 3.8) is 0 Å². The van der Waals surface area contributed by atoms with Gasteiger partial charge >= 0.3 is 10.5 Å². The van der Waals surface area contributed by atoms with E-state index in [1.807, 2.05) is 0 Å². The molecule has 0 aliphatic carbocycles. The third kappa shape index (κ3) is 5.80. The first-order valence-corrected chi connectivity index (χ1v) is 2.57. The molecule has 0 spiro atoms. The molecule has 0 rings (SSSR count). The molecule has 7 heavy (non-hydrogen) atoms. The highest BCUT2D eigenvalue weighted by Gasteiger charge is 2.32. The summed E-state index contributed by atoms with van der Waals surface area (Å²) >= 11 is 0. The number of hydrogen-bond donors (Lipinski definition) is 0. The number of rotatable bonds is 0. The number of nitrogens with zero attached hydrogens (tertiary/aromatic N) is 1. The Morgan fingerprint density at radius 2 is 1.14 bits per heavy atom. The summed E-state index contributed by atoms with van der Waals surface area (Å²) in [6, 6.07) is 0. The normalized spacial score (nSPS) is 17.6. The molecular formula is F5NS. The summed E-state index contributed by atoms with van der Waals surface area (Å²) in [5.74, 6) is 0. The zero-order valence-corrected chi connectivity index (χ0v) is 3.56. The van der Waals surface area contributed by atoms with Crippen LogP contribution in [0.25, 0.3) is 0 Å². The zero-order valence-electron chi connectivity index (χ0n) is 2.75. The molecule has 46 valence electrons. The van der Waals surface area contributed by atoms with Crippen molar-refractivity contribution >= 4 is 10.5 Å². The van der Waals surface area contributed by atoms with E-state index in [0.29, 0.717) is 0 Å². The summed E-state index contributed by atoms with van der Waals surface area (Å²) in [7, 11) is -7.91. The van der Waals surface area contributed by atoms with Gasteiger partial charge < -0.3 is 0 Å². The molecule has 1 nitrogen and oxygen atoms in total. The van der Waals surface area contributed by atoms with Crippen LogP contribution in [-0.4, -0.2) is 0 Å².